The third-order valence-electron chi connectivity index (χ3n) is 10.9. The number of aliphatic hydroxyl groups excluding tert-OH is 1. The number of likely N-dealkylation sites (tertiary alicyclic amines) is 1. The Bertz CT molecular complexity index is 1540. The second kappa shape index (κ2) is 40.5. The van der Waals surface area contributed by atoms with Crippen LogP contribution in [0.15, 0.2) is 60.7 Å². The molecule has 0 atom stereocenters. The van der Waals surface area contributed by atoms with Crippen LogP contribution in [0.2, 0.25) is 0 Å². The van der Waals surface area contributed by atoms with E-state index in [2.05, 4.69) is 224 Å². The van der Waals surface area contributed by atoms with Gasteiger partial charge >= 0.3 is 0 Å². The summed E-state index contributed by atoms with van der Waals surface area (Å²) in [5, 5.41) is 21.1. The highest BCUT2D eigenvalue weighted by Crippen LogP contribution is 2.29. The summed E-state index contributed by atoms with van der Waals surface area (Å²) in [4.78, 5) is 2.56. The zero-order valence-corrected chi connectivity index (χ0v) is 47.3. The van der Waals surface area contributed by atoms with E-state index >= 15 is 0 Å². The second-order valence-electron chi connectivity index (χ2n) is 21.4. The van der Waals surface area contributed by atoms with E-state index in [1.807, 2.05) is 0 Å². The van der Waals surface area contributed by atoms with E-state index in [4.69, 9.17) is 11.5 Å². The Kier molecular flexibility index (Phi) is 39.8. The van der Waals surface area contributed by atoms with E-state index in [1.54, 1.807) is 0 Å². The number of aryl methyl sites for hydroxylation is 5. The van der Waals surface area contributed by atoms with Gasteiger partial charge in [-0.3, -0.25) is 0 Å². The van der Waals surface area contributed by atoms with Crippen LogP contribution in [0, 0.1) is 64.7 Å². The average molecular weight is 929 g/mol. The molecule has 2 fully saturated rings. The van der Waals surface area contributed by atoms with Crippen molar-refractivity contribution in [2.75, 3.05) is 43.4 Å². The topological polar surface area (TPSA) is 71.6 Å². The molecule has 0 aromatic heterocycles. The maximum absolute atomic E-state index is 8.25. The normalized spacial score (nSPS) is 13.5. The van der Waals surface area contributed by atoms with Gasteiger partial charge in [-0.2, -0.15) is 0 Å². The third kappa shape index (κ3) is 41.4. The quantitative estimate of drug-likeness (QED) is 0.104. The molecule has 6 heteroatoms. The van der Waals surface area contributed by atoms with E-state index in [1.165, 1.54) is 116 Å². The van der Waals surface area contributed by atoms with Crippen molar-refractivity contribution in [1.29, 1.82) is 0 Å². The largest absolute Gasteiger partial charge is 0.395 e. The summed E-state index contributed by atoms with van der Waals surface area (Å²) in [6.07, 6.45) is 17.9. The number of rotatable bonds is 14. The summed E-state index contributed by atoms with van der Waals surface area (Å²) in [5.41, 5.74) is 10.6. The van der Waals surface area contributed by atoms with Gasteiger partial charge in [0, 0.05) is 48.1 Å². The van der Waals surface area contributed by atoms with Crippen molar-refractivity contribution in [3.05, 3.63) is 94.0 Å². The van der Waals surface area contributed by atoms with E-state index in [9.17, 15) is 0 Å². The average Bonchev–Trinajstić information content (AvgIpc) is 3.73. The molecule has 0 unspecified atom stereocenters. The van der Waals surface area contributed by atoms with Crippen LogP contribution in [0.25, 0.3) is 0 Å². The van der Waals surface area contributed by atoms with Crippen LogP contribution < -0.4 is 21.3 Å². The molecule has 6 nitrogen and oxygen atoms in total. The van der Waals surface area contributed by atoms with E-state index in [0.717, 1.165) is 23.8 Å². The Labute approximate surface area is 417 Å². The second-order valence-corrected chi connectivity index (χ2v) is 21.4. The molecule has 67 heavy (non-hydrogen) atoms. The first-order valence-electron chi connectivity index (χ1n) is 26.5. The fraction of sp³-hybridized carbons (Fsp3) is 0.672. The molecule has 0 radical (unpaired) electrons. The highest BCUT2D eigenvalue weighted by molar-refractivity contribution is 5.49. The summed E-state index contributed by atoms with van der Waals surface area (Å²) >= 11 is 0. The number of nitrogens with one attached hydrogen (secondary N) is 4. The summed E-state index contributed by atoms with van der Waals surface area (Å²) in [7, 11) is 0. The van der Waals surface area contributed by atoms with Crippen LogP contribution in [-0.4, -0.2) is 73.0 Å². The molecule has 1 heterocycles. The number of terminal acetylenes is 1. The highest BCUT2D eigenvalue weighted by atomic mass is 16.3. The van der Waals surface area contributed by atoms with Crippen molar-refractivity contribution in [2.45, 2.75) is 220 Å². The minimum atomic E-state index is 0.234. The Morgan fingerprint density at radius 1 is 0.582 bits per heavy atom. The molecule has 2 aliphatic rings. The Hall–Kier alpha value is -3.34. The molecular formula is C61H109N5O. The zero-order valence-electron chi connectivity index (χ0n) is 47.3. The highest BCUT2D eigenvalue weighted by Gasteiger charge is 2.15. The fourth-order valence-electron chi connectivity index (χ4n) is 8.03. The Morgan fingerprint density at radius 3 is 1.33 bits per heavy atom. The first-order chi connectivity index (χ1) is 31.5. The monoisotopic (exact) mass is 928 g/mol. The van der Waals surface area contributed by atoms with Gasteiger partial charge in [-0.25, -0.2) is 0 Å². The van der Waals surface area contributed by atoms with Gasteiger partial charge in [0.1, 0.15) is 0 Å². The number of hydrogen-bond donors (Lipinski definition) is 5. The lowest BCUT2D eigenvalue weighted by molar-refractivity contribution is 0.185. The third-order valence-corrected chi connectivity index (χ3v) is 10.9. The lowest BCUT2D eigenvalue weighted by Crippen LogP contribution is -2.35. The van der Waals surface area contributed by atoms with Crippen molar-refractivity contribution in [3.8, 4) is 12.3 Å². The molecular weight excluding hydrogens is 819 g/mol. The van der Waals surface area contributed by atoms with Crippen molar-refractivity contribution >= 4 is 11.4 Å². The first-order valence-corrected chi connectivity index (χ1v) is 26.5. The predicted octanol–water partition coefficient (Wildman–Crippen LogP) is 15.1. The molecule has 1 saturated heterocycles. The van der Waals surface area contributed by atoms with Crippen molar-refractivity contribution < 1.29 is 5.11 Å². The van der Waals surface area contributed by atoms with Crippen LogP contribution in [0.3, 0.4) is 0 Å². The lowest BCUT2D eigenvalue weighted by Gasteiger charge is -2.29. The van der Waals surface area contributed by atoms with E-state index in [0.29, 0.717) is 37.3 Å². The van der Waals surface area contributed by atoms with Gasteiger partial charge < -0.3 is 31.3 Å². The van der Waals surface area contributed by atoms with Crippen LogP contribution in [0.1, 0.15) is 182 Å². The van der Waals surface area contributed by atoms with Gasteiger partial charge in [-0.05, 0) is 204 Å². The number of aliphatic hydroxyl groups is 1. The van der Waals surface area contributed by atoms with Gasteiger partial charge in [0.05, 0.1) is 13.2 Å². The van der Waals surface area contributed by atoms with Gasteiger partial charge in [-0.15, -0.1) is 6.42 Å². The van der Waals surface area contributed by atoms with Gasteiger partial charge in [0.25, 0.3) is 0 Å². The number of piperidine rings is 1. The minimum absolute atomic E-state index is 0.234. The molecule has 1 aliphatic carbocycles. The van der Waals surface area contributed by atoms with Gasteiger partial charge in [0.2, 0.25) is 0 Å². The van der Waals surface area contributed by atoms with Crippen LogP contribution >= 0.6 is 0 Å². The summed E-state index contributed by atoms with van der Waals surface area (Å²) in [6, 6.07) is 24.5. The number of hydrogen-bond acceptors (Lipinski definition) is 6. The van der Waals surface area contributed by atoms with Gasteiger partial charge in [-0.1, -0.05) is 116 Å². The smallest absolute Gasteiger partial charge is 0.0575 e. The molecule has 3 aromatic rings. The molecule has 0 amide bonds. The molecule has 0 bridgehead atoms. The molecule has 1 aliphatic heterocycles. The molecule has 0 spiro atoms. The molecule has 384 valence electrons. The van der Waals surface area contributed by atoms with Gasteiger partial charge in [0.15, 0.2) is 0 Å². The van der Waals surface area contributed by atoms with Crippen molar-refractivity contribution in [3.63, 3.8) is 0 Å². The molecule has 1 saturated carbocycles. The zero-order chi connectivity index (χ0) is 51.3. The first kappa shape index (κ1) is 65.7. The lowest BCUT2D eigenvalue weighted by atomic mass is 9.96. The van der Waals surface area contributed by atoms with Crippen LogP contribution in [0.5, 0.6) is 0 Å². The predicted molar refractivity (Wildman–Crippen MR) is 303 cm³/mol. The standard InChI is InChI=1S/2C11H17N.C11H16.C9H18.C8H17N.C6H11N.C5H13NO/c2*1-8(2)12-11-6-9(3)5-10(4)7-11;1-9(2)8-11-7-5-4-6-10(11)3;1-8(2)7-9-5-3-4-6-9;1-8(2)9-6-4-3-5-7-9;1-4-5-7-6(2)3;1-5(2)6-3-4-7/h2*5-8,12H,1-4H3;4-7,9H,8H2,1-3H3;8-9H,3-7H2,1-2H3;8H,3-7H2,1-2H3;1,6-7H,5H2,2-3H3;5-7H,3-4H2,1-2H3. The number of anilines is 2. The molecule has 5 rings (SSSR count). The number of benzene rings is 3. The van der Waals surface area contributed by atoms with Crippen molar-refractivity contribution in [1.82, 2.24) is 15.5 Å². The number of nitrogens with zero attached hydrogens (tertiary/aromatic N) is 1. The molecule has 3 aromatic carbocycles. The summed E-state index contributed by atoms with van der Waals surface area (Å²) in [6.45, 7) is 45.5. The maximum Gasteiger partial charge on any atom is 0.0575 e. The van der Waals surface area contributed by atoms with Crippen LogP contribution in [-0.2, 0) is 6.42 Å². The minimum Gasteiger partial charge on any atom is -0.395 e. The SMILES string of the molecule is C#CCNC(C)C.CC(C)CC1CCCC1.CC(C)N1CCCCC1.CC(C)NCCO.Cc1cc(C)cc(NC(C)C)c1.Cc1cc(C)cc(NC(C)C)c1.Cc1ccccc1CC(C)C. The fourth-order valence-corrected chi connectivity index (χ4v) is 8.03. The van der Waals surface area contributed by atoms with Crippen molar-refractivity contribution in [2.24, 2.45) is 17.8 Å². The van der Waals surface area contributed by atoms with Crippen LogP contribution in [0.4, 0.5) is 11.4 Å². The Balaban J connectivity index is 0. The van der Waals surface area contributed by atoms with E-state index in [-0.39, 0.29) is 6.61 Å². The summed E-state index contributed by atoms with van der Waals surface area (Å²) < 4.78 is 0. The maximum atomic E-state index is 8.25. The van der Waals surface area contributed by atoms with E-state index < -0.39 is 0 Å². The Morgan fingerprint density at radius 2 is 1.03 bits per heavy atom. The summed E-state index contributed by atoms with van der Waals surface area (Å²) in [5.74, 6) is 5.26. The molecule has 5 N–H and O–H groups in total.